The van der Waals surface area contributed by atoms with Crippen LogP contribution >= 0.6 is 11.6 Å². The van der Waals surface area contributed by atoms with Gasteiger partial charge in [-0.3, -0.25) is 0 Å². The molecule has 0 radical (unpaired) electrons. The van der Waals surface area contributed by atoms with Crippen molar-refractivity contribution in [3.05, 3.63) is 28.8 Å². The van der Waals surface area contributed by atoms with Crippen LogP contribution in [0.2, 0.25) is 5.15 Å². The second-order valence-electron chi connectivity index (χ2n) is 2.54. The van der Waals surface area contributed by atoms with Gasteiger partial charge in [-0.25, -0.2) is 9.37 Å². The molecular weight excluding hydrogens is 179 g/mol. The predicted octanol–water partition coefficient (Wildman–Crippen LogP) is 2.28. The molecule has 2 N–H and O–H groups in total. The van der Waals surface area contributed by atoms with Gasteiger partial charge in [0.05, 0.1) is 6.20 Å². The molecule has 12 heavy (non-hydrogen) atoms. The van der Waals surface area contributed by atoms with Crippen molar-refractivity contribution < 1.29 is 4.39 Å². The molecule has 0 aliphatic rings. The lowest BCUT2D eigenvalue weighted by molar-refractivity contribution is 0.570. The van der Waals surface area contributed by atoms with E-state index in [9.17, 15) is 4.39 Å². The Morgan fingerprint density at radius 3 is 3.00 bits per heavy atom. The van der Waals surface area contributed by atoms with Gasteiger partial charge < -0.3 is 5.73 Å². The van der Waals surface area contributed by atoms with Crippen molar-refractivity contribution in [3.63, 3.8) is 0 Å². The highest BCUT2D eigenvalue weighted by Gasteiger charge is 2.10. The van der Waals surface area contributed by atoms with Crippen LogP contribution in [-0.4, -0.2) is 4.98 Å². The molecule has 0 aromatic carbocycles. The monoisotopic (exact) mass is 188 g/mol. The van der Waals surface area contributed by atoms with E-state index in [4.69, 9.17) is 17.3 Å². The zero-order valence-corrected chi connectivity index (χ0v) is 7.48. The number of halogens is 2. The summed E-state index contributed by atoms with van der Waals surface area (Å²) in [6.45, 7) is 1.89. The molecule has 0 spiro atoms. The van der Waals surface area contributed by atoms with E-state index in [-0.39, 0.29) is 11.2 Å². The Morgan fingerprint density at radius 2 is 2.42 bits per heavy atom. The van der Waals surface area contributed by atoms with Crippen molar-refractivity contribution >= 4 is 11.6 Å². The van der Waals surface area contributed by atoms with Crippen molar-refractivity contribution in [2.45, 2.75) is 19.4 Å². The van der Waals surface area contributed by atoms with Gasteiger partial charge in [-0.2, -0.15) is 0 Å². The molecule has 1 aromatic rings. The van der Waals surface area contributed by atoms with Crippen molar-refractivity contribution in [2.24, 2.45) is 5.73 Å². The van der Waals surface area contributed by atoms with Gasteiger partial charge in [0.25, 0.3) is 0 Å². The van der Waals surface area contributed by atoms with E-state index >= 15 is 0 Å². The van der Waals surface area contributed by atoms with Crippen LogP contribution < -0.4 is 5.73 Å². The van der Waals surface area contributed by atoms with E-state index in [2.05, 4.69) is 4.98 Å². The fraction of sp³-hybridized carbons (Fsp3) is 0.375. The van der Waals surface area contributed by atoms with Gasteiger partial charge in [-0.1, -0.05) is 18.5 Å². The first-order valence-corrected chi connectivity index (χ1v) is 4.09. The highest BCUT2D eigenvalue weighted by Crippen LogP contribution is 2.19. The molecule has 0 bridgehead atoms. The molecule has 1 rings (SSSR count). The summed E-state index contributed by atoms with van der Waals surface area (Å²) in [5.74, 6) is -0.395. The first-order valence-electron chi connectivity index (χ1n) is 3.71. The van der Waals surface area contributed by atoms with E-state index in [1.54, 1.807) is 0 Å². The molecule has 0 unspecified atom stereocenters. The number of hydrogen-bond donors (Lipinski definition) is 1. The van der Waals surface area contributed by atoms with Gasteiger partial charge in [-0.05, 0) is 12.5 Å². The SMILES string of the molecule is CC[C@H](N)c1cc(Cl)ncc1F. The predicted molar refractivity (Wildman–Crippen MR) is 46.4 cm³/mol. The molecule has 1 heterocycles. The lowest BCUT2D eigenvalue weighted by atomic mass is 10.1. The molecule has 4 heteroatoms. The number of nitrogens with zero attached hydrogens (tertiary/aromatic N) is 1. The largest absolute Gasteiger partial charge is 0.324 e. The third kappa shape index (κ3) is 1.93. The average molecular weight is 189 g/mol. The smallest absolute Gasteiger partial charge is 0.146 e. The van der Waals surface area contributed by atoms with Crippen LogP contribution in [0, 0.1) is 5.82 Å². The minimum Gasteiger partial charge on any atom is -0.324 e. The molecule has 0 fully saturated rings. The quantitative estimate of drug-likeness (QED) is 0.724. The summed E-state index contributed by atoms with van der Waals surface area (Å²) in [4.78, 5) is 3.59. The van der Waals surface area contributed by atoms with Gasteiger partial charge in [-0.15, -0.1) is 0 Å². The molecule has 0 amide bonds. The number of rotatable bonds is 2. The third-order valence-electron chi connectivity index (χ3n) is 1.69. The molecule has 0 saturated carbocycles. The molecule has 1 atom stereocenters. The Kier molecular flexibility index (Phi) is 3.00. The van der Waals surface area contributed by atoms with Crippen LogP contribution in [0.4, 0.5) is 4.39 Å². The Bertz CT molecular complexity index is 278. The fourth-order valence-electron chi connectivity index (χ4n) is 0.931. The molecule has 0 saturated heterocycles. The average Bonchev–Trinajstić information content (AvgIpc) is 2.08. The van der Waals surface area contributed by atoms with E-state index < -0.39 is 5.82 Å². The van der Waals surface area contributed by atoms with E-state index in [1.165, 1.54) is 6.07 Å². The second-order valence-corrected chi connectivity index (χ2v) is 2.93. The standard InChI is InChI=1S/C8H10ClFN2/c1-2-7(11)5-3-8(9)12-4-6(5)10/h3-4,7H,2,11H2,1H3/t7-/m0/s1. The first kappa shape index (κ1) is 9.42. The number of pyridine rings is 1. The van der Waals surface area contributed by atoms with Crippen LogP contribution in [0.1, 0.15) is 24.9 Å². The Balaban J connectivity index is 3.04. The zero-order chi connectivity index (χ0) is 9.14. The second kappa shape index (κ2) is 3.83. The maximum absolute atomic E-state index is 13.0. The number of nitrogens with two attached hydrogens (primary N) is 1. The summed E-state index contributed by atoms with van der Waals surface area (Å²) in [7, 11) is 0. The highest BCUT2D eigenvalue weighted by atomic mass is 35.5. The molecule has 1 aromatic heterocycles. The van der Waals surface area contributed by atoms with Crippen LogP contribution in [0.3, 0.4) is 0 Å². The van der Waals surface area contributed by atoms with Crippen LogP contribution in [0.15, 0.2) is 12.3 Å². The fourth-order valence-corrected chi connectivity index (χ4v) is 1.10. The molecular formula is C8H10ClFN2. The minimum absolute atomic E-state index is 0.273. The molecule has 66 valence electrons. The summed E-state index contributed by atoms with van der Waals surface area (Å²) in [5.41, 5.74) is 6.07. The van der Waals surface area contributed by atoms with Crippen molar-refractivity contribution in [3.8, 4) is 0 Å². The molecule has 0 aliphatic carbocycles. The van der Waals surface area contributed by atoms with Crippen LogP contribution in [0.5, 0.6) is 0 Å². The van der Waals surface area contributed by atoms with E-state index in [0.717, 1.165) is 6.20 Å². The van der Waals surface area contributed by atoms with Gasteiger partial charge in [0, 0.05) is 11.6 Å². The minimum atomic E-state index is -0.395. The van der Waals surface area contributed by atoms with Gasteiger partial charge in [0.1, 0.15) is 11.0 Å². The van der Waals surface area contributed by atoms with Gasteiger partial charge >= 0.3 is 0 Å². The summed E-state index contributed by atoms with van der Waals surface area (Å²) in [5, 5.41) is 0.273. The van der Waals surface area contributed by atoms with Crippen molar-refractivity contribution in [1.29, 1.82) is 0 Å². The highest BCUT2D eigenvalue weighted by molar-refractivity contribution is 6.29. The summed E-state index contributed by atoms with van der Waals surface area (Å²) >= 11 is 5.58. The van der Waals surface area contributed by atoms with Gasteiger partial charge in [0.2, 0.25) is 0 Å². The van der Waals surface area contributed by atoms with Crippen LogP contribution in [-0.2, 0) is 0 Å². The number of aromatic nitrogens is 1. The van der Waals surface area contributed by atoms with Crippen LogP contribution in [0.25, 0.3) is 0 Å². The first-order chi connectivity index (χ1) is 5.65. The van der Waals surface area contributed by atoms with E-state index in [0.29, 0.717) is 12.0 Å². The van der Waals surface area contributed by atoms with Crippen molar-refractivity contribution in [1.82, 2.24) is 4.98 Å². The zero-order valence-electron chi connectivity index (χ0n) is 6.72. The Hall–Kier alpha value is -0.670. The molecule has 0 aliphatic heterocycles. The normalized spacial score (nSPS) is 13.0. The van der Waals surface area contributed by atoms with Gasteiger partial charge in [0.15, 0.2) is 0 Å². The lowest BCUT2D eigenvalue weighted by Crippen LogP contribution is -2.10. The Labute approximate surface area is 75.6 Å². The molecule has 2 nitrogen and oxygen atoms in total. The maximum Gasteiger partial charge on any atom is 0.146 e. The van der Waals surface area contributed by atoms with E-state index in [1.807, 2.05) is 6.92 Å². The third-order valence-corrected chi connectivity index (χ3v) is 1.90. The summed E-state index contributed by atoms with van der Waals surface area (Å²) < 4.78 is 13.0. The number of hydrogen-bond acceptors (Lipinski definition) is 2. The van der Waals surface area contributed by atoms with Crippen molar-refractivity contribution in [2.75, 3.05) is 0 Å². The maximum atomic E-state index is 13.0. The topological polar surface area (TPSA) is 38.9 Å². The Morgan fingerprint density at radius 1 is 1.75 bits per heavy atom. The summed E-state index contributed by atoms with van der Waals surface area (Å²) in [6, 6.07) is 1.16. The summed E-state index contributed by atoms with van der Waals surface area (Å²) in [6.07, 6.45) is 1.77. The lowest BCUT2D eigenvalue weighted by Gasteiger charge is -2.09.